The van der Waals surface area contributed by atoms with E-state index >= 15 is 0 Å². The van der Waals surface area contributed by atoms with Crippen molar-refractivity contribution in [3.8, 4) is 0 Å². The number of rotatable bonds is 8. The van der Waals surface area contributed by atoms with Gasteiger partial charge in [-0.2, -0.15) is 22.0 Å². The average molecular weight is 676 g/mol. The van der Waals surface area contributed by atoms with Crippen LogP contribution < -0.4 is 4.90 Å². The smallest absolute Gasteiger partial charge is 0.403 e. The van der Waals surface area contributed by atoms with Crippen molar-refractivity contribution in [2.24, 2.45) is 0 Å². The number of nitrogens with zero attached hydrogens (tertiary/aromatic N) is 3. The van der Waals surface area contributed by atoms with Gasteiger partial charge in [-0.25, -0.2) is 14.4 Å². The molecule has 5 rings (SSSR count). The molecule has 12 heteroatoms. The normalized spacial score (nSPS) is 16.0. The zero-order valence-corrected chi connectivity index (χ0v) is 27.4. The van der Waals surface area contributed by atoms with Crippen molar-refractivity contribution in [2.75, 3.05) is 18.1 Å². The highest BCUT2D eigenvalue weighted by Gasteiger charge is 2.50. The molecule has 0 amide bonds. The molecular formula is C34H32ClF6N3OSi. The van der Waals surface area contributed by atoms with Crippen LogP contribution in [0.15, 0.2) is 78.9 Å². The van der Waals surface area contributed by atoms with Crippen LogP contribution in [-0.4, -0.2) is 33.0 Å². The average Bonchev–Trinajstić information content (AvgIpc) is 3.01. The van der Waals surface area contributed by atoms with E-state index < -0.39 is 47.1 Å². The van der Waals surface area contributed by atoms with Gasteiger partial charge in [-0.05, 0) is 41.6 Å². The van der Waals surface area contributed by atoms with Crippen LogP contribution in [0.25, 0.3) is 0 Å². The molecule has 0 saturated heterocycles. The second-order valence-electron chi connectivity index (χ2n) is 12.3. The molecule has 0 saturated carbocycles. The lowest BCUT2D eigenvalue weighted by atomic mass is 9.70. The number of hydrogen-bond donors (Lipinski definition) is 0. The number of alkyl halides is 6. The second-order valence-corrected chi connectivity index (χ2v) is 14.5. The van der Waals surface area contributed by atoms with Crippen molar-refractivity contribution in [2.45, 2.75) is 62.8 Å². The van der Waals surface area contributed by atoms with Crippen molar-refractivity contribution in [3.05, 3.63) is 118 Å². The minimum Gasteiger partial charge on any atom is -0.403 e. The molecule has 0 spiro atoms. The lowest BCUT2D eigenvalue weighted by molar-refractivity contribution is -0.137. The van der Waals surface area contributed by atoms with Crippen molar-refractivity contribution in [1.29, 1.82) is 0 Å². The highest BCUT2D eigenvalue weighted by molar-refractivity contribution is 6.32. The number of benzene rings is 3. The predicted octanol–water partition coefficient (Wildman–Crippen LogP) is 9.94. The first-order valence-corrected chi connectivity index (χ1v) is 15.9. The third-order valence-electron chi connectivity index (χ3n) is 7.83. The Morgan fingerprint density at radius 2 is 1.46 bits per heavy atom. The van der Waals surface area contributed by atoms with E-state index in [2.05, 4.69) is 30.7 Å². The van der Waals surface area contributed by atoms with Gasteiger partial charge in [-0.15, -0.1) is 0 Å². The molecule has 46 heavy (non-hydrogen) atoms. The lowest BCUT2D eigenvalue weighted by Crippen LogP contribution is -2.45. The number of halogens is 7. The zero-order chi connectivity index (χ0) is 33.5. The van der Waals surface area contributed by atoms with Crippen molar-refractivity contribution < 1.29 is 30.8 Å². The minimum atomic E-state index is -5.03. The molecule has 0 bridgehead atoms. The molecule has 1 unspecified atom stereocenters. The Kier molecular flexibility index (Phi) is 9.33. The van der Waals surface area contributed by atoms with Gasteiger partial charge in [0.15, 0.2) is 6.67 Å². The third-order valence-corrected chi connectivity index (χ3v) is 9.16. The molecule has 2 radical (unpaired) electrons. The second kappa shape index (κ2) is 12.7. The van der Waals surface area contributed by atoms with E-state index in [-0.39, 0.29) is 44.6 Å². The highest BCUT2D eigenvalue weighted by atomic mass is 35.5. The molecule has 242 valence electrons. The summed E-state index contributed by atoms with van der Waals surface area (Å²) in [6, 6.07) is 21.2. The van der Waals surface area contributed by atoms with Crippen LogP contribution in [0.3, 0.4) is 0 Å². The van der Waals surface area contributed by atoms with Crippen LogP contribution in [0.5, 0.6) is 0 Å². The van der Waals surface area contributed by atoms with E-state index in [1.165, 1.54) is 4.90 Å². The summed E-state index contributed by atoms with van der Waals surface area (Å²) in [6.45, 7) is 5.61. The molecule has 2 heterocycles. The summed E-state index contributed by atoms with van der Waals surface area (Å²) in [5.41, 5.74) is -1.96. The van der Waals surface area contributed by atoms with E-state index in [1.54, 1.807) is 6.92 Å². The third kappa shape index (κ3) is 6.54. The molecule has 0 aliphatic carbocycles. The van der Waals surface area contributed by atoms with Gasteiger partial charge in [-0.3, -0.25) is 0 Å². The van der Waals surface area contributed by atoms with E-state index in [0.717, 1.165) is 23.3 Å². The van der Waals surface area contributed by atoms with E-state index in [1.807, 2.05) is 60.7 Å². The highest BCUT2D eigenvalue weighted by Crippen LogP contribution is 2.55. The van der Waals surface area contributed by atoms with Crippen LogP contribution in [0.2, 0.25) is 10.2 Å². The topological polar surface area (TPSA) is 38.2 Å². The summed E-state index contributed by atoms with van der Waals surface area (Å²) in [7, 11) is 0.00193. The molecule has 4 nitrogen and oxygen atoms in total. The van der Waals surface area contributed by atoms with Crippen LogP contribution in [0.4, 0.5) is 37.8 Å². The Labute approximate surface area is 271 Å². The van der Waals surface area contributed by atoms with Gasteiger partial charge >= 0.3 is 12.1 Å². The maximum Gasteiger partial charge on any atom is 0.418 e. The molecule has 1 aromatic heterocycles. The fourth-order valence-corrected chi connectivity index (χ4v) is 7.04. The molecule has 0 N–H and O–H groups in total. The first-order chi connectivity index (χ1) is 21.6. The van der Waals surface area contributed by atoms with E-state index in [0.29, 0.717) is 11.6 Å². The Morgan fingerprint density at radius 3 is 1.98 bits per heavy atom. The molecule has 3 aromatic carbocycles. The van der Waals surface area contributed by atoms with Gasteiger partial charge in [0.25, 0.3) is 0 Å². The molecule has 1 aliphatic rings. The molecule has 1 atom stereocenters. The maximum atomic E-state index is 14.5. The first kappa shape index (κ1) is 33.9. The Morgan fingerprint density at radius 1 is 0.870 bits per heavy atom. The standard InChI is InChI=1S/C34H32ClF6N3OSi/c1-21-42-29(35)28-25(33(45-46-31(2,3)4,22-11-7-5-8-12-22)23-13-9-6-10-14-23)17-18-44(30(28)43-21)27-16-15-24(32(37,38)20-36)19-26(27)34(39,40)41/h5-16,19,25H,17-18,20H2,1-4H3. The van der Waals surface area contributed by atoms with Crippen LogP contribution >= 0.6 is 11.6 Å². The number of aromatic nitrogens is 2. The number of hydrogen-bond acceptors (Lipinski definition) is 4. The molecule has 0 fully saturated rings. The van der Waals surface area contributed by atoms with E-state index in [9.17, 15) is 26.3 Å². The number of aryl methyl sites for hydroxylation is 1. The molecule has 1 aliphatic heterocycles. The summed E-state index contributed by atoms with van der Waals surface area (Å²) in [5.74, 6) is -4.33. The predicted molar refractivity (Wildman–Crippen MR) is 168 cm³/mol. The van der Waals surface area contributed by atoms with Crippen LogP contribution in [-0.2, 0) is 22.1 Å². The fraction of sp³-hybridized carbons (Fsp3) is 0.353. The van der Waals surface area contributed by atoms with Gasteiger partial charge in [-0.1, -0.05) is 99.1 Å². The quantitative estimate of drug-likeness (QED) is 0.106. The van der Waals surface area contributed by atoms with Gasteiger partial charge in [0, 0.05) is 23.6 Å². The van der Waals surface area contributed by atoms with Gasteiger partial charge < -0.3 is 9.33 Å². The lowest BCUT2D eigenvalue weighted by Gasteiger charge is -2.47. The number of anilines is 2. The van der Waals surface area contributed by atoms with Gasteiger partial charge in [0.1, 0.15) is 22.4 Å². The summed E-state index contributed by atoms with van der Waals surface area (Å²) in [6.07, 6.45) is -4.80. The van der Waals surface area contributed by atoms with Gasteiger partial charge in [0.2, 0.25) is 9.76 Å². The summed E-state index contributed by atoms with van der Waals surface area (Å²) >= 11 is 6.91. The van der Waals surface area contributed by atoms with E-state index in [4.69, 9.17) is 16.0 Å². The first-order valence-electron chi connectivity index (χ1n) is 14.6. The van der Waals surface area contributed by atoms with Crippen molar-refractivity contribution >= 4 is 32.9 Å². The fourth-order valence-electron chi connectivity index (χ4n) is 5.85. The molecular weight excluding hydrogens is 644 g/mol. The summed E-state index contributed by atoms with van der Waals surface area (Å²) < 4.78 is 92.1. The summed E-state index contributed by atoms with van der Waals surface area (Å²) in [4.78, 5) is 10.4. The van der Waals surface area contributed by atoms with Crippen LogP contribution in [0.1, 0.15) is 66.8 Å². The SMILES string of the molecule is Cc1nc(Cl)c2c(n1)N(c1ccc(C(F)(F)CF)cc1C(F)(F)F)CCC2C(O[Si]C(C)(C)C)(c1ccccc1)c1ccccc1. The Hall–Kier alpha value is -3.41. The monoisotopic (exact) mass is 675 g/mol. The minimum absolute atomic E-state index is 0.00193. The maximum absolute atomic E-state index is 14.5. The van der Waals surface area contributed by atoms with Crippen LogP contribution in [0, 0.1) is 6.92 Å². The Balaban J connectivity index is 1.78. The van der Waals surface area contributed by atoms with Crippen molar-refractivity contribution in [1.82, 2.24) is 9.97 Å². The molecule has 4 aromatic rings. The summed E-state index contributed by atoms with van der Waals surface area (Å²) in [5, 5.41) is -0.193. The zero-order valence-electron chi connectivity index (χ0n) is 25.6. The van der Waals surface area contributed by atoms with Crippen molar-refractivity contribution in [3.63, 3.8) is 0 Å². The van der Waals surface area contributed by atoms with Gasteiger partial charge in [0.05, 0.1) is 11.3 Å². The largest absolute Gasteiger partial charge is 0.418 e. The Bertz CT molecular complexity index is 1640. The number of fused-ring (bicyclic) bond motifs is 1.